The highest BCUT2D eigenvalue weighted by Gasteiger charge is 2.24. The zero-order valence-electron chi connectivity index (χ0n) is 14.7. The topological polar surface area (TPSA) is 35.6 Å². The minimum atomic E-state index is 0.0552. The molecule has 128 valence electrons. The lowest BCUT2D eigenvalue weighted by atomic mass is 10.0. The molecule has 2 aromatic rings. The molecule has 24 heavy (non-hydrogen) atoms. The highest BCUT2D eigenvalue weighted by Crippen LogP contribution is 2.20. The Balaban J connectivity index is 1.60. The number of carbonyl (C=O) groups is 1. The zero-order valence-corrected chi connectivity index (χ0v) is 14.7. The normalized spacial score (nSPS) is 17.2. The second-order valence-electron chi connectivity index (χ2n) is 6.70. The second-order valence-corrected chi connectivity index (χ2v) is 6.70. The van der Waals surface area contributed by atoms with Crippen molar-refractivity contribution in [3.8, 4) is 0 Å². The van der Waals surface area contributed by atoms with Gasteiger partial charge in [-0.3, -0.25) is 9.69 Å². The van der Waals surface area contributed by atoms with Gasteiger partial charge in [-0.2, -0.15) is 0 Å². The number of rotatable bonds is 5. The summed E-state index contributed by atoms with van der Waals surface area (Å²) in [5.74, 6) is 0.328. The SMILES string of the molecule is CNCC(C)C(=O)N1CCN(Cc2cccc3ccccc23)CC1. The lowest BCUT2D eigenvalue weighted by Gasteiger charge is -2.36. The first kappa shape index (κ1) is 16.9. The highest BCUT2D eigenvalue weighted by molar-refractivity contribution is 5.85. The summed E-state index contributed by atoms with van der Waals surface area (Å²) in [5, 5.41) is 5.72. The van der Waals surface area contributed by atoms with Gasteiger partial charge in [0.15, 0.2) is 0 Å². The van der Waals surface area contributed by atoms with Crippen LogP contribution in [0.25, 0.3) is 10.8 Å². The fraction of sp³-hybridized carbons (Fsp3) is 0.450. The van der Waals surface area contributed by atoms with Crippen LogP contribution >= 0.6 is 0 Å². The van der Waals surface area contributed by atoms with Gasteiger partial charge >= 0.3 is 0 Å². The Kier molecular flexibility index (Phi) is 5.48. The van der Waals surface area contributed by atoms with Crippen LogP contribution in [0.15, 0.2) is 42.5 Å². The lowest BCUT2D eigenvalue weighted by molar-refractivity contribution is -0.136. The van der Waals surface area contributed by atoms with Gasteiger partial charge in [0.2, 0.25) is 5.91 Å². The summed E-state index contributed by atoms with van der Waals surface area (Å²) in [6, 6.07) is 15.1. The van der Waals surface area contributed by atoms with E-state index < -0.39 is 0 Å². The third-order valence-corrected chi connectivity index (χ3v) is 4.89. The van der Waals surface area contributed by atoms with Crippen molar-refractivity contribution in [3.63, 3.8) is 0 Å². The Hall–Kier alpha value is -1.91. The van der Waals surface area contributed by atoms with E-state index in [0.717, 1.165) is 39.3 Å². The molecular formula is C20H27N3O. The summed E-state index contributed by atoms with van der Waals surface area (Å²) in [5.41, 5.74) is 1.37. The summed E-state index contributed by atoms with van der Waals surface area (Å²) in [6.07, 6.45) is 0. The molecule has 0 aromatic heterocycles. The average Bonchev–Trinajstić information content (AvgIpc) is 2.62. The minimum Gasteiger partial charge on any atom is -0.340 e. The van der Waals surface area contributed by atoms with Gasteiger partial charge in [0, 0.05) is 45.2 Å². The Morgan fingerprint density at radius 1 is 1.08 bits per heavy atom. The molecule has 0 spiro atoms. The maximum atomic E-state index is 12.4. The quantitative estimate of drug-likeness (QED) is 0.916. The second kappa shape index (κ2) is 7.77. The van der Waals surface area contributed by atoms with E-state index in [0.29, 0.717) is 0 Å². The number of benzene rings is 2. The molecule has 1 saturated heterocycles. The van der Waals surface area contributed by atoms with Crippen LogP contribution in [-0.4, -0.2) is 55.5 Å². The van der Waals surface area contributed by atoms with Gasteiger partial charge in [-0.05, 0) is 23.4 Å². The number of piperazine rings is 1. The van der Waals surface area contributed by atoms with E-state index in [1.807, 2.05) is 18.9 Å². The van der Waals surface area contributed by atoms with Crippen molar-refractivity contribution in [1.29, 1.82) is 0 Å². The van der Waals surface area contributed by atoms with Gasteiger partial charge < -0.3 is 10.2 Å². The number of carbonyl (C=O) groups excluding carboxylic acids is 1. The van der Waals surface area contributed by atoms with Crippen molar-refractivity contribution < 1.29 is 4.79 Å². The fourth-order valence-electron chi connectivity index (χ4n) is 3.50. The summed E-state index contributed by atoms with van der Waals surface area (Å²) in [6.45, 7) is 7.25. The van der Waals surface area contributed by atoms with Gasteiger partial charge in [-0.25, -0.2) is 0 Å². The van der Waals surface area contributed by atoms with E-state index in [9.17, 15) is 4.79 Å². The van der Waals surface area contributed by atoms with E-state index in [-0.39, 0.29) is 11.8 Å². The standard InChI is InChI=1S/C20H27N3O/c1-16(14-21-2)20(24)23-12-10-22(11-13-23)15-18-8-5-7-17-6-3-4-9-19(17)18/h3-9,16,21H,10-15H2,1-2H3. The molecule has 1 aliphatic rings. The van der Waals surface area contributed by atoms with Gasteiger partial charge in [0.1, 0.15) is 0 Å². The summed E-state index contributed by atoms with van der Waals surface area (Å²) in [7, 11) is 1.89. The molecule has 4 nitrogen and oxygen atoms in total. The smallest absolute Gasteiger partial charge is 0.226 e. The van der Waals surface area contributed by atoms with Crippen LogP contribution in [0.4, 0.5) is 0 Å². The molecule has 1 N–H and O–H groups in total. The molecule has 1 unspecified atom stereocenters. The van der Waals surface area contributed by atoms with Crippen LogP contribution < -0.4 is 5.32 Å². The number of nitrogens with one attached hydrogen (secondary N) is 1. The van der Waals surface area contributed by atoms with Crippen LogP contribution in [-0.2, 0) is 11.3 Å². The third kappa shape index (κ3) is 3.77. The van der Waals surface area contributed by atoms with E-state index in [2.05, 4.69) is 52.7 Å². The summed E-state index contributed by atoms with van der Waals surface area (Å²) in [4.78, 5) is 16.9. The number of hydrogen-bond donors (Lipinski definition) is 1. The first-order valence-corrected chi connectivity index (χ1v) is 8.81. The maximum absolute atomic E-state index is 12.4. The molecule has 2 aromatic carbocycles. The maximum Gasteiger partial charge on any atom is 0.226 e. The molecular weight excluding hydrogens is 298 g/mol. The highest BCUT2D eigenvalue weighted by atomic mass is 16.2. The van der Waals surface area contributed by atoms with Crippen molar-refractivity contribution in [2.45, 2.75) is 13.5 Å². The molecule has 0 aliphatic carbocycles. The Morgan fingerprint density at radius 2 is 1.79 bits per heavy atom. The number of amides is 1. The van der Waals surface area contributed by atoms with Crippen molar-refractivity contribution in [2.24, 2.45) is 5.92 Å². The van der Waals surface area contributed by atoms with Crippen LogP contribution in [0.2, 0.25) is 0 Å². The molecule has 1 atom stereocenters. The molecule has 1 fully saturated rings. The van der Waals surface area contributed by atoms with Crippen LogP contribution in [0.1, 0.15) is 12.5 Å². The van der Waals surface area contributed by atoms with Gasteiger partial charge in [0.05, 0.1) is 0 Å². The molecule has 4 heteroatoms. The monoisotopic (exact) mass is 325 g/mol. The predicted molar refractivity (Wildman–Crippen MR) is 98.9 cm³/mol. The summed E-state index contributed by atoms with van der Waals surface area (Å²) >= 11 is 0. The Morgan fingerprint density at radius 3 is 2.54 bits per heavy atom. The van der Waals surface area contributed by atoms with Gasteiger partial charge in [-0.1, -0.05) is 49.4 Å². The molecule has 3 rings (SSSR count). The molecule has 1 amide bonds. The van der Waals surface area contributed by atoms with E-state index >= 15 is 0 Å². The van der Waals surface area contributed by atoms with E-state index in [4.69, 9.17) is 0 Å². The Bertz CT molecular complexity index is 687. The van der Waals surface area contributed by atoms with Crippen LogP contribution in [0.3, 0.4) is 0 Å². The largest absolute Gasteiger partial charge is 0.340 e. The van der Waals surface area contributed by atoms with Crippen molar-refractivity contribution in [1.82, 2.24) is 15.1 Å². The number of hydrogen-bond acceptors (Lipinski definition) is 3. The van der Waals surface area contributed by atoms with E-state index in [1.165, 1.54) is 16.3 Å². The minimum absolute atomic E-state index is 0.0552. The average molecular weight is 325 g/mol. The lowest BCUT2D eigenvalue weighted by Crippen LogP contribution is -2.50. The molecule has 1 heterocycles. The molecule has 0 radical (unpaired) electrons. The molecule has 0 bridgehead atoms. The van der Waals surface area contributed by atoms with Gasteiger partial charge in [0.25, 0.3) is 0 Å². The predicted octanol–water partition coefficient (Wildman–Crippen LogP) is 2.34. The fourth-order valence-corrected chi connectivity index (χ4v) is 3.50. The third-order valence-electron chi connectivity index (χ3n) is 4.89. The first-order chi connectivity index (χ1) is 11.7. The zero-order chi connectivity index (χ0) is 16.9. The molecule has 0 saturated carbocycles. The van der Waals surface area contributed by atoms with Crippen LogP contribution in [0, 0.1) is 5.92 Å². The van der Waals surface area contributed by atoms with Crippen molar-refractivity contribution in [3.05, 3.63) is 48.0 Å². The summed E-state index contributed by atoms with van der Waals surface area (Å²) < 4.78 is 0. The Labute approximate surface area is 144 Å². The first-order valence-electron chi connectivity index (χ1n) is 8.81. The van der Waals surface area contributed by atoms with Crippen LogP contribution in [0.5, 0.6) is 0 Å². The van der Waals surface area contributed by atoms with Crippen molar-refractivity contribution >= 4 is 16.7 Å². The van der Waals surface area contributed by atoms with Gasteiger partial charge in [-0.15, -0.1) is 0 Å². The number of nitrogens with zero attached hydrogens (tertiary/aromatic N) is 2. The van der Waals surface area contributed by atoms with E-state index in [1.54, 1.807) is 0 Å². The van der Waals surface area contributed by atoms with Crippen molar-refractivity contribution in [2.75, 3.05) is 39.8 Å². The molecule has 1 aliphatic heterocycles. The number of fused-ring (bicyclic) bond motifs is 1.